The third-order valence-corrected chi connectivity index (χ3v) is 6.46. The standard InChI is InChI=1S/C18H21F3N4O3S/c1-13-3-5-14(6-4-13)9-12-29(27,28)24-10-7-15(8-11-24)25-17(26)23(2)16(22-25)18(19,20)21/h3-6,9,12,15H,7-8,10-11H2,1-2H3/b12-9+. The molecule has 0 unspecified atom stereocenters. The molecule has 2 aromatic rings. The lowest BCUT2D eigenvalue weighted by Gasteiger charge is -2.29. The van der Waals surface area contributed by atoms with Gasteiger partial charge in [-0.3, -0.25) is 4.57 Å². The maximum atomic E-state index is 12.9. The van der Waals surface area contributed by atoms with Gasteiger partial charge in [-0.15, -0.1) is 5.10 Å². The van der Waals surface area contributed by atoms with Crippen LogP contribution in [0.4, 0.5) is 13.2 Å². The van der Waals surface area contributed by atoms with Crippen molar-refractivity contribution in [1.82, 2.24) is 18.7 Å². The Hall–Kier alpha value is -2.40. The van der Waals surface area contributed by atoms with Crippen LogP contribution in [0.3, 0.4) is 0 Å². The van der Waals surface area contributed by atoms with E-state index >= 15 is 0 Å². The first kappa shape index (κ1) is 21.3. The smallest absolute Gasteiger partial charge is 0.274 e. The molecule has 3 rings (SSSR count). The molecular weight excluding hydrogens is 409 g/mol. The topological polar surface area (TPSA) is 77.2 Å². The number of hydrogen-bond donors (Lipinski definition) is 0. The summed E-state index contributed by atoms with van der Waals surface area (Å²) in [7, 11) is -2.66. The zero-order chi connectivity index (χ0) is 21.4. The number of aryl methyl sites for hydroxylation is 1. The summed E-state index contributed by atoms with van der Waals surface area (Å²) < 4.78 is 66.4. The van der Waals surface area contributed by atoms with Gasteiger partial charge in [-0.25, -0.2) is 17.9 Å². The van der Waals surface area contributed by atoms with Crippen LogP contribution in [0.2, 0.25) is 0 Å². The van der Waals surface area contributed by atoms with Gasteiger partial charge in [0.25, 0.3) is 0 Å². The van der Waals surface area contributed by atoms with Gasteiger partial charge in [0.15, 0.2) is 0 Å². The van der Waals surface area contributed by atoms with Gasteiger partial charge < -0.3 is 0 Å². The Morgan fingerprint density at radius 2 is 1.72 bits per heavy atom. The second-order valence-electron chi connectivity index (χ2n) is 7.00. The van der Waals surface area contributed by atoms with E-state index in [4.69, 9.17) is 0 Å². The molecule has 0 bridgehead atoms. The Morgan fingerprint density at radius 3 is 2.24 bits per heavy atom. The molecule has 1 aliphatic heterocycles. The Bertz CT molecular complexity index is 1060. The fraction of sp³-hybridized carbons (Fsp3) is 0.444. The summed E-state index contributed by atoms with van der Waals surface area (Å²) in [6, 6.07) is 6.77. The molecule has 1 aromatic carbocycles. The van der Waals surface area contributed by atoms with Gasteiger partial charge in [-0.2, -0.15) is 17.5 Å². The fourth-order valence-corrected chi connectivity index (χ4v) is 4.43. The molecule has 2 heterocycles. The number of piperidine rings is 1. The second-order valence-corrected chi connectivity index (χ2v) is 8.81. The number of sulfonamides is 1. The first-order valence-electron chi connectivity index (χ1n) is 8.96. The summed E-state index contributed by atoms with van der Waals surface area (Å²) in [4.78, 5) is 12.1. The largest absolute Gasteiger partial charge is 0.451 e. The van der Waals surface area contributed by atoms with Crippen molar-refractivity contribution in [3.63, 3.8) is 0 Å². The van der Waals surface area contributed by atoms with Gasteiger partial charge in [-0.1, -0.05) is 29.8 Å². The maximum absolute atomic E-state index is 12.9. The van der Waals surface area contributed by atoms with E-state index < -0.39 is 33.8 Å². The van der Waals surface area contributed by atoms with Crippen molar-refractivity contribution in [2.24, 2.45) is 7.05 Å². The van der Waals surface area contributed by atoms with E-state index in [1.807, 2.05) is 19.1 Å². The number of halogens is 3. The van der Waals surface area contributed by atoms with Gasteiger partial charge >= 0.3 is 11.9 Å². The number of alkyl halides is 3. The van der Waals surface area contributed by atoms with E-state index in [1.165, 1.54) is 10.4 Å². The lowest BCUT2D eigenvalue weighted by Crippen LogP contribution is -2.40. The lowest BCUT2D eigenvalue weighted by molar-refractivity contribution is -0.147. The summed E-state index contributed by atoms with van der Waals surface area (Å²) in [6.07, 6.45) is -2.83. The zero-order valence-corrected chi connectivity index (χ0v) is 16.7. The summed E-state index contributed by atoms with van der Waals surface area (Å²) in [5.74, 6) is -1.27. The normalized spacial score (nSPS) is 17.3. The highest BCUT2D eigenvalue weighted by Gasteiger charge is 2.39. The highest BCUT2D eigenvalue weighted by molar-refractivity contribution is 7.92. The van der Waals surface area contributed by atoms with Gasteiger partial charge in [0.2, 0.25) is 15.8 Å². The predicted molar refractivity (Wildman–Crippen MR) is 101 cm³/mol. The van der Waals surface area contributed by atoms with E-state index in [9.17, 15) is 26.4 Å². The molecule has 1 saturated heterocycles. The first-order valence-corrected chi connectivity index (χ1v) is 10.5. The molecule has 0 N–H and O–H groups in total. The van der Waals surface area contributed by atoms with Gasteiger partial charge in [0.1, 0.15) is 0 Å². The minimum Gasteiger partial charge on any atom is -0.274 e. The second kappa shape index (κ2) is 7.79. The molecule has 158 valence electrons. The van der Waals surface area contributed by atoms with Crippen molar-refractivity contribution in [2.45, 2.75) is 32.0 Å². The summed E-state index contributed by atoms with van der Waals surface area (Å²) >= 11 is 0. The van der Waals surface area contributed by atoms with Gasteiger partial charge in [0.05, 0.1) is 6.04 Å². The predicted octanol–water partition coefficient (Wildman–Crippen LogP) is 2.55. The van der Waals surface area contributed by atoms with Crippen molar-refractivity contribution in [1.29, 1.82) is 0 Å². The van der Waals surface area contributed by atoms with Crippen LogP contribution in [0.5, 0.6) is 0 Å². The van der Waals surface area contributed by atoms with Crippen molar-refractivity contribution in [2.75, 3.05) is 13.1 Å². The summed E-state index contributed by atoms with van der Waals surface area (Å²) in [6.45, 7) is 2.12. The highest BCUT2D eigenvalue weighted by atomic mass is 32.2. The van der Waals surface area contributed by atoms with Crippen LogP contribution >= 0.6 is 0 Å². The maximum Gasteiger partial charge on any atom is 0.451 e. The SMILES string of the molecule is Cc1ccc(/C=C/S(=O)(=O)N2CCC(n3nc(C(F)(F)F)n(C)c3=O)CC2)cc1. The molecular formula is C18H21F3N4O3S. The average molecular weight is 430 g/mol. The molecule has 11 heteroatoms. The Balaban J connectivity index is 1.70. The molecule has 0 spiro atoms. The molecule has 0 saturated carbocycles. The van der Waals surface area contributed by atoms with Crippen molar-refractivity contribution >= 4 is 16.1 Å². The zero-order valence-electron chi connectivity index (χ0n) is 15.9. The van der Waals surface area contributed by atoms with Crippen LogP contribution in [0.25, 0.3) is 6.08 Å². The van der Waals surface area contributed by atoms with Crippen molar-refractivity contribution in [3.8, 4) is 0 Å². The van der Waals surface area contributed by atoms with Crippen LogP contribution in [-0.2, 0) is 23.2 Å². The molecule has 29 heavy (non-hydrogen) atoms. The van der Waals surface area contributed by atoms with Crippen molar-refractivity contribution < 1.29 is 21.6 Å². The number of benzene rings is 1. The Kier molecular flexibility index (Phi) is 5.72. The average Bonchev–Trinajstić information content (AvgIpc) is 2.97. The number of rotatable bonds is 4. The van der Waals surface area contributed by atoms with E-state index in [2.05, 4.69) is 5.10 Å². The van der Waals surface area contributed by atoms with Crippen LogP contribution < -0.4 is 5.69 Å². The Morgan fingerprint density at radius 1 is 1.14 bits per heavy atom. The fourth-order valence-electron chi connectivity index (χ4n) is 3.21. The van der Waals surface area contributed by atoms with Gasteiger partial charge in [0, 0.05) is 25.5 Å². The van der Waals surface area contributed by atoms with Crippen molar-refractivity contribution in [3.05, 3.63) is 57.1 Å². The van der Waals surface area contributed by atoms with Crippen LogP contribution in [-0.4, -0.2) is 40.2 Å². The van der Waals surface area contributed by atoms with Gasteiger partial charge in [-0.05, 0) is 31.4 Å². The molecule has 1 fully saturated rings. The lowest BCUT2D eigenvalue weighted by atomic mass is 10.1. The monoisotopic (exact) mass is 430 g/mol. The van der Waals surface area contributed by atoms with Crippen LogP contribution in [0.1, 0.15) is 35.8 Å². The first-order chi connectivity index (χ1) is 13.5. The quantitative estimate of drug-likeness (QED) is 0.747. The number of aromatic nitrogens is 3. The molecule has 1 aromatic heterocycles. The van der Waals surface area contributed by atoms with Crippen LogP contribution in [0.15, 0.2) is 34.5 Å². The molecule has 0 aliphatic carbocycles. The van der Waals surface area contributed by atoms with Crippen LogP contribution in [0, 0.1) is 6.92 Å². The minimum absolute atomic E-state index is 0.0929. The molecule has 7 nitrogen and oxygen atoms in total. The Labute approximate surface area is 166 Å². The summed E-state index contributed by atoms with van der Waals surface area (Å²) in [5, 5.41) is 4.55. The summed E-state index contributed by atoms with van der Waals surface area (Å²) in [5.41, 5.74) is 0.942. The minimum atomic E-state index is -4.73. The molecule has 0 atom stereocenters. The van der Waals surface area contributed by atoms with E-state index in [1.54, 1.807) is 12.1 Å². The molecule has 0 amide bonds. The van der Waals surface area contributed by atoms with E-state index in [-0.39, 0.29) is 25.9 Å². The number of nitrogens with zero attached hydrogens (tertiary/aromatic N) is 4. The third-order valence-electron chi connectivity index (χ3n) is 4.90. The third kappa shape index (κ3) is 4.61. The molecule has 0 radical (unpaired) electrons. The van der Waals surface area contributed by atoms with E-state index in [0.717, 1.165) is 28.3 Å². The highest BCUT2D eigenvalue weighted by Crippen LogP contribution is 2.28. The number of hydrogen-bond acceptors (Lipinski definition) is 4. The molecule has 1 aliphatic rings. The van der Waals surface area contributed by atoms with E-state index in [0.29, 0.717) is 4.57 Å².